The van der Waals surface area contributed by atoms with Gasteiger partial charge in [0.15, 0.2) is 0 Å². The summed E-state index contributed by atoms with van der Waals surface area (Å²) in [6, 6.07) is 0. The molecule has 2 aliphatic rings. The lowest BCUT2D eigenvalue weighted by molar-refractivity contribution is -0.0775. The van der Waals surface area contributed by atoms with E-state index in [1.165, 1.54) is 19.3 Å². The molecule has 2 rings (SSSR count). The summed E-state index contributed by atoms with van der Waals surface area (Å²) in [4.78, 5) is 0. The van der Waals surface area contributed by atoms with E-state index in [9.17, 15) is 0 Å². The van der Waals surface area contributed by atoms with Gasteiger partial charge in [0.05, 0.1) is 5.60 Å². The molecular weight excluding hydrogens is 166 g/mol. The monoisotopic (exact) mass is 185 g/mol. The summed E-state index contributed by atoms with van der Waals surface area (Å²) < 4.78 is 10.9. The molecule has 0 aromatic rings. The van der Waals surface area contributed by atoms with E-state index in [2.05, 4.69) is 5.32 Å². The summed E-state index contributed by atoms with van der Waals surface area (Å²) in [5, 5.41) is 3.29. The predicted octanol–water partition coefficient (Wildman–Crippen LogP) is 0.791. The molecule has 0 aromatic heterocycles. The quantitative estimate of drug-likeness (QED) is 0.705. The van der Waals surface area contributed by atoms with E-state index >= 15 is 0 Å². The molecule has 0 bridgehead atoms. The highest BCUT2D eigenvalue weighted by molar-refractivity contribution is 4.96. The average Bonchev–Trinajstić information content (AvgIpc) is 2.13. The minimum atomic E-state index is 0.155. The number of hydrogen-bond donors (Lipinski definition) is 1. The van der Waals surface area contributed by atoms with Crippen LogP contribution in [-0.4, -0.2) is 39.0 Å². The van der Waals surface area contributed by atoms with Crippen LogP contribution in [0.3, 0.4) is 0 Å². The standard InChI is InChI=1S/C10H19NO2/c1-12-10(7-11-8-10)6-9-2-4-13-5-3-9/h9,11H,2-8H2,1H3. The maximum atomic E-state index is 5.57. The van der Waals surface area contributed by atoms with Crippen LogP contribution in [0.2, 0.25) is 0 Å². The fourth-order valence-corrected chi connectivity index (χ4v) is 2.25. The van der Waals surface area contributed by atoms with Crippen LogP contribution in [-0.2, 0) is 9.47 Å². The van der Waals surface area contributed by atoms with Crippen molar-refractivity contribution in [2.75, 3.05) is 33.4 Å². The Labute approximate surface area is 79.8 Å². The van der Waals surface area contributed by atoms with Crippen LogP contribution in [0.1, 0.15) is 19.3 Å². The minimum Gasteiger partial charge on any atom is -0.381 e. The van der Waals surface area contributed by atoms with Gasteiger partial charge in [-0.3, -0.25) is 0 Å². The van der Waals surface area contributed by atoms with Crippen molar-refractivity contribution in [2.45, 2.75) is 24.9 Å². The van der Waals surface area contributed by atoms with Gasteiger partial charge < -0.3 is 14.8 Å². The zero-order valence-corrected chi connectivity index (χ0v) is 8.34. The molecule has 1 N–H and O–H groups in total. The van der Waals surface area contributed by atoms with Gasteiger partial charge in [0.25, 0.3) is 0 Å². The molecule has 0 atom stereocenters. The number of rotatable bonds is 3. The summed E-state index contributed by atoms with van der Waals surface area (Å²) in [6.45, 7) is 3.94. The molecule has 0 spiro atoms. The third-order valence-corrected chi connectivity index (χ3v) is 3.33. The Bertz CT molecular complexity index is 157. The van der Waals surface area contributed by atoms with E-state index < -0.39 is 0 Å². The number of nitrogens with one attached hydrogen (secondary N) is 1. The van der Waals surface area contributed by atoms with Crippen LogP contribution in [0.4, 0.5) is 0 Å². The van der Waals surface area contributed by atoms with E-state index in [0.717, 1.165) is 32.2 Å². The molecule has 13 heavy (non-hydrogen) atoms. The lowest BCUT2D eigenvalue weighted by Crippen LogP contribution is -2.61. The highest BCUT2D eigenvalue weighted by Gasteiger charge is 2.39. The molecule has 2 saturated heterocycles. The Kier molecular flexibility index (Phi) is 2.86. The second-order valence-electron chi connectivity index (χ2n) is 4.25. The third kappa shape index (κ3) is 2.03. The summed E-state index contributed by atoms with van der Waals surface area (Å²) in [6.07, 6.45) is 3.64. The van der Waals surface area contributed by atoms with Crippen LogP contribution in [0.5, 0.6) is 0 Å². The Morgan fingerprint density at radius 1 is 1.38 bits per heavy atom. The SMILES string of the molecule is COC1(CC2CCOCC2)CNC1. The van der Waals surface area contributed by atoms with Gasteiger partial charge in [0.2, 0.25) is 0 Å². The lowest BCUT2D eigenvalue weighted by atomic mass is 9.82. The molecule has 76 valence electrons. The van der Waals surface area contributed by atoms with E-state index in [4.69, 9.17) is 9.47 Å². The molecular formula is C10H19NO2. The van der Waals surface area contributed by atoms with Crippen LogP contribution >= 0.6 is 0 Å². The molecule has 0 aliphatic carbocycles. The van der Waals surface area contributed by atoms with Crippen molar-refractivity contribution < 1.29 is 9.47 Å². The number of methoxy groups -OCH3 is 1. The van der Waals surface area contributed by atoms with Gasteiger partial charge in [-0.05, 0) is 25.2 Å². The molecule has 2 fully saturated rings. The van der Waals surface area contributed by atoms with Crippen molar-refractivity contribution in [3.05, 3.63) is 0 Å². The fraction of sp³-hybridized carbons (Fsp3) is 1.00. The van der Waals surface area contributed by atoms with E-state index in [1.54, 1.807) is 0 Å². The summed E-state index contributed by atoms with van der Waals surface area (Å²) in [5.41, 5.74) is 0.155. The van der Waals surface area contributed by atoms with Gasteiger partial charge in [-0.2, -0.15) is 0 Å². The summed E-state index contributed by atoms with van der Waals surface area (Å²) in [5.74, 6) is 0.816. The van der Waals surface area contributed by atoms with Crippen molar-refractivity contribution >= 4 is 0 Å². The molecule has 2 heterocycles. The number of hydrogen-bond acceptors (Lipinski definition) is 3. The van der Waals surface area contributed by atoms with Crippen LogP contribution in [0.15, 0.2) is 0 Å². The molecule has 0 radical (unpaired) electrons. The van der Waals surface area contributed by atoms with E-state index in [-0.39, 0.29) is 5.60 Å². The Hall–Kier alpha value is -0.120. The first-order chi connectivity index (χ1) is 6.35. The highest BCUT2D eigenvalue weighted by Crippen LogP contribution is 2.30. The zero-order valence-electron chi connectivity index (χ0n) is 8.34. The predicted molar refractivity (Wildman–Crippen MR) is 50.8 cm³/mol. The zero-order chi connectivity index (χ0) is 9.15. The van der Waals surface area contributed by atoms with Gasteiger partial charge in [-0.25, -0.2) is 0 Å². The molecule has 0 unspecified atom stereocenters. The first-order valence-corrected chi connectivity index (χ1v) is 5.18. The van der Waals surface area contributed by atoms with Crippen LogP contribution in [0.25, 0.3) is 0 Å². The van der Waals surface area contributed by atoms with E-state index in [1.807, 2.05) is 7.11 Å². The number of ether oxygens (including phenoxy) is 2. The van der Waals surface area contributed by atoms with Gasteiger partial charge in [0, 0.05) is 33.4 Å². The van der Waals surface area contributed by atoms with Crippen LogP contribution < -0.4 is 5.32 Å². The topological polar surface area (TPSA) is 30.5 Å². The maximum Gasteiger partial charge on any atom is 0.0928 e. The van der Waals surface area contributed by atoms with Crippen molar-refractivity contribution in [1.29, 1.82) is 0 Å². The van der Waals surface area contributed by atoms with E-state index in [0.29, 0.717) is 0 Å². The fourth-order valence-electron chi connectivity index (χ4n) is 2.25. The first kappa shape index (κ1) is 9.44. The largest absolute Gasteiger partial charge is 0.381 e. The molecule has 0 amide bonds. The Morgan fingerprint density at radius 3 is 2.54 bits per heavy atom. The smallest absolute Gasteiger partial charge is 0.0928 e. The average molecular weight is 185 g/mol. The maximum absolute atomic E-state index is 5.57. The normalized spacial score (nSPS) is 28.4. The molecule has 2 aliphatic heterocycles. The van der Waals surface area contributed by atoms with Crippen LogP contribution in [0, 0.1) is 5.92 Å². The molecule has 0 saturated carbocycles. The van der Waals surface area contributed by atoms with Gasteiger partial charge in [-0.1, -0.05) is 0 Å². The Morgan fingerprint density at radius 2 is 2.08 bits per heavy atom. The van der Waals surface area contributed by atoms with Gasteiger partial charge in [-0.15, -0.1) is 0 Å². The second-order valence-corrected chi connectivity index (χ2v) is 4.25. The lowest BCUT2D eigenvalue weighted by Gasteiger charge is -2.44. The van der Waals surface area contributed by atoms with Crippen molar-refractivity contribution in [3.8, 4) is 0 Å². The van der Waals surface area contributed by atoms with Crippen molar-refractivity contribution in [1.82, 2.24) is 5.32 Å². The minimum absolute atomic E-state index is 0.155. The van der Waals surface area contributed by atoms with Crippen molar-refractivity contribution in [3.63, 3.8) is 0 Å². The third-order valence-electron chi connectivity index (χ3n) is 3.33. The Balaban J connectivity index is 1.81. The first-order valence-electron chi connectivity index (χ1n) is 5.18. The molecule has 3 heteroatoms. The molecule has 3 nitrogen and oxygen atoms in total. The highest BCUT2D eigenvalue weighted by atomic mass is 16.5. The van der Waals surface area contributed by atoms with Gasteiger partial charge in [0.1, 0.15) is 0 Å². The second kappa shape index (κ2) is 3.95. The van der Waals surface area contributed by atoms with Gasteiger partial charge >= 0.3 is 0 Å². The molecule has 0 aromatic carbocycles. The summed E-state index contributed by atoms with van der Waals surface area (Å²) >= 11 is 0. The van der Waals surface area contributed by atoms with Crippen molar-refractivity contribution in [2.24, 2.45) is 5.92 Å². The summed E-state index contributed by atoms with van der Waals surface area (Å²) in [7, 11) is 1.83.